The van der Waals surface area contributed by atoms with Crippen molar-refractivity contribution in [1.29, 1.82) is 21.0 Å². The number of hydrogen-bond acceptors (Lipinski definition) is 4. The monoisotopic (exact) mass is 682 g/mol. The van der Waals surface area contributed by atoms with Crippen LogP contribution in [0.1, 0.15) is 11.1 Å². The van der Waals surface area contributed by atoms with E-state index in [9.17, 15) is 17.6 Å². The summed E-state index contributed by atoms with van der Waals surface area (Å²) in [6, 6.07) is 40.1. The zero-order chi connectivity index (χ0) is 36.8. The summed E-state index contributed by atoms with van der Waals surface area (Å²) in [4.78, 5) is 0. The smallest absolute Gasteiger partial charge is 0.171 e. The number of benzene rings is 9. The van der Waals surface area contributed by atoms with E-state index >= 15 is 0 Å². The molecule has 0 radical (unpaired) electrons. The molecule has 9 aromatic carbocycles. The molecule has 0 heterocycles. The van der Waals surface area contributed by atoms with Crippen molar-refractivity contribution in [2.75, 3.05) is 0 Å². The molecule has 4 nitrogen and oxygen atoms in total. The molecule has 0 aliphatic heterocycles. The van der Waals surface area contributed by atoms with Gasteiger partial charge in [-0.15, -0.1) is 0 Å². The number of nitriles is 4. The van der Waals surface area contributed by atoms with E-state index in [1.807, 2.05) is 0 Å². The molecular formula is C44H22F4N4. The highest BCUT2D eigenvalue weighted by atomic mass is 19.2. The highest BCUT2D eigenvalue weighted by molar-refractivity contribution is 6.44. The molecule has 0 bridgehead atoms. The highest BCUT2D eigenvalue weighted by Crippen LogP contribution is 2.47. The summed E-state index contributed by atoms with van der Waals surface area (Å²) in [6.07, 6.45) is 0. The largest absolute Gasteiger partial charge is 0.203 e. The van der Waals surface area contributed by atoms with Gasteiger partial charge in [0.25, 0.3) is 0 Å². The molecule has 0 fully saturated rings. The number of rotatable bonds is 0. The first-order chi connectivity index (χ1) is 25.1. The Kier molecular flexibility index (Phi) is 8.24. The second-order valence-electron chi connectivity index (χ2n) is 12.3. The van der Waals surface area contributed by atoms with Crippen LogP contribution in [0.4, 0.5) is 17.6 Å². The number of halogens is 4. The summed E-state index contributed by atoms with van der Waals surface area (Å²) in [5.74, 6) is -8.11. The molecule has 0 N–H and O–H groups in total. The maximum atomic E-state index is 13.6. The lowest BCUT2D eigenvalue weighted by atomic mass is 9.83. The zero-order valence-electron chi connectivity index (χ0n) is 27.5. The van der Waals surface area contributed by atoms with Crippen molar-refractivity contribution < 1.29 is 17.6 Å². The minimum atomic E-state index is -2.03. The molecule has 0 unspecified atom stereocenters. The molecule has 0 saturated heterocycles. The van der Waals surface area contributed by atoms with Crippen LogP contribution in [0.2, 0.25) is 0 Å². The summed E-state index contributed by atoms with van der Waals surface area (Å²) in [5.41, 5.74) is 0.297. The van der Waals surface area contributed by atoms with E-state index < -0.39 is 44.9 Å². The Bertz CT molecular complexity index is 2620. The van der Waals surface area contributed by atoms with Gasteiger partial charge in [0.05, 0.1) is 10.4 Å². The fraction of sp³-hybridized carbons (Fsp3) is 0.0455. The van der Waals surface area contributed by atoms with Gasteiger partial charge in [0.2, 0.25) is 0 Å². The average Bonchev–Trinajstić information content (AvgIpc) is 3.18. The lowest BCUT2D eigenvalue weighted by Crippen LogP contribution is -2.31. The van der Waals surface area contributed by atoms with Crippen molar-refractivity contribution in [3.8, 4) is 24.3 Å². The molecule has 0 aromatic heterocycles. The fourth-order valence-corrected chi connectivity index (χ4v) is 6.87. The number of aryl methyl sites for hydroxylation is 2. The number of hydrogen-bond donors (Lipinski definition) is 0. The van der Waals surface area contributed by atoms with E-state index in [4.69, 9.17) is 21.0 Å². The third-order valence-corrected chi connectivity index (χ3v) is 9.32. The van der Waals surface area contributed by atoms with Crippen molar-refractivity contribution in [3.05, 3.63) is 142 Å². The summed E-state index contributed by atoms with van der Waals surface area (Å²) in [7, 11) is 0. The van der Waals surface area contributed by atoms with Crippen molar-refractivity contribution in [3.63, 3.8) is 0 Å². The maximum absolute atomic E-state index is 13.6. The van der Waals surface area contributed by atoms with E-state index in [-0.39, 0.29) is 0 Å². The lowest BCUT2D eigenvalue weighted by Gasteiger charge is -2.20. The summed E-state index contributed by atoms with van der Waals surface area (Å²) in [6.45, 7) is 4.19. The van der Waals surface area contributed by atoms with Gasteiger partial charge >= 0.3 is 0 Å². The zero-order valence-corrected chi connectivity index (χ0v) is 27.5. The Morgan fingerprint density at radius 3 is 0.673 bits per heavy atom. The highest BCUT2D eigenvalue weighted by Gasteiger charge is 2.23. The van der Waals surface area contributed by atoms with E-state index in [1.54, 1.807) is 0 Å². The summed E-state index contributed by atoms with van der Waals surface area (Å²) < 4.78 is 54.5. The van der Waals surface area contributed by atoms with Crippen LogP contribution in [0.5, 0.6) is 0 Å². The van der Waals surface area contributed by atoms with Gasteiger partial charge in [0, 0.05) is 0 Å². The van der Waals surface area contributed by atoms with Crippen LogP contribution in [-0.4, -0.2) is 0 Å². The van der Waals surface area contributed by atoms with Gasteiger partial charge < -0.3 is 0 Å². The Morgan fingerprint density at radius 2 is 0.519 bits per heavy atom. The molecule has 246 valence electrons. The molecule has 9 aromatic rings. The second-order valence-corrected chi connectivity index (χ2v) is 12.3. The predicted molar refractivity (Wildman–Crippen MR) is 196 cm³/mol. The van der Waals surface area contributed by atoms with Crippen molar-refractivity contribution in [1.82, 2.24) is 0 Å². The topological polar surface area (TPSA) is 95.2 Å². The molecule has 8 heteroatoms. The Balaban J connectivity index is 0.000000136. The SMILES string of the molecule is Cc1ccc(C)cc1.N#CC(C#N)=c1c(F)c(F)c(=C(C#N)C#N)c(F)c1F.c1cc2ccc3ccc4ccc5ccc6ccc1c1c2c3c4c5c61. The number of nitrogens with zero attached hydrogens (tertiary/aromatic N) is 4. The Hall–Kier alpha value is -7.26. The van der Waals surface area contributed by atoms with Crippen molar-refractivity contribution in [2.24, 2.45) is 0 Å². The third-order valence-electron chi connectivity index (χ3n) is 9.32. The van der Waals surface area contributed by atoms with Crippen LogP contribution in [0.15, 0.2) is 97.1 Å². The quantitative estimate of drug-likeness (QED) is 0.0689. The first-order valence-electron chi connectivity index (χ1n) is 15.9. The Morgan fingerprint density at radius 1 is 0.346 bits per heavy atom. The predicted octanol–water partition coefficient (Wildman–Crippen LogP) is 9.86. The maximum Gasteiger partial charge on any atom is 0.171 e. The van der Waals surface area contributed by atoms with Gasteiger partial charge in [-0.05, 0) is 78.5 Å². The van der Waals surface area contributed by atoms with E-state index in [0.29, 0.717) is 0 Å². The third kappa shape index (κ3) is 5.11. The van der Waals surface area contributed by atoms with Crippen molar-refractivity contribution >= 4 is 75.8 Å². The molecule has 0 saturated carbocycles. The molecule has 52 heavy (non-hydrogen) atoms. The molecule has 0 atom stereocenters. The average molecular weight is 683 g/mol. The van der Waals surface area contributed by atoms with Crippen LogP contribution in [0.3, 0.4) is 0 Å². The Labute approximate surface area is 293 Å². The second kappa shape index (κ2) is 12.9. The van der Waals surface area contributed by atoms with E-state index in [2.05, 4.69) is 111 Å². The summed E-state index contributed by atoms with van der Waals surface area (Å²) in [5, 5.41) is 47.7. The summed E-state index contributed by atoms with van der Waals surface area (Å²) >= 11 is 0. The van der Waals surface area contributed by atoms with Crippen LogP contribution in [0, 0.1) is 82.4 Å². The van der Waals surface area contributed by atoms with Crippen LogP contribution >= 0.6 is 0 Å². The fourth-order valence-electron chi connectivity index (χ4n) is 6.87. The van der Waals surface area contributed by atoms with Gasteiger partial charge in [-0.2, -0.15) is 21.0 Å². The molecule has 9 rings (SSSR count). The molecular weight excluding hydrogens is 661 g/mol. The molecule has 0 spiro atoms. The van der Waals surface area contributed by atoms with Crippen LogP contribution < -0.4 is 10.4 Å². The van der Waals surface area contributed by atoms with Crippen LogP contribution in [-0.2, 0) is 0 Å². The van der Waals surface area contributed by atoms with Gasteiger partial charge in [-0.3, -0.25) is 0 Å². The molecule has 0 amide bonds. The molecule has 0 aliphatic rings. The first kappa shape index (κ1) is 33.2. The van der Waals surface area contributed by atoms with E-state index in [0.717, 1.165) is 24.3 Å². The normalized spacial score (nSPS) is 10.8. The first-order valence-corrected chi connectivity index (χ1v) is 15.9. The molecule has 0 aliphatic carbocycles. The van der Waals surface area contributed by atoms with Crippen LogP contribution in [0.25, 0.3) is 75.8 Å². The van der Waals surface area contributed by atoms with Gasteiger partial charge in [0.1, 0.15) is 35.4 Å². The van der Waals surface area contributed by atoms with Crippen molar-refractivity contribution in [2.45, 2.75) is 13.8 Å². The standard InChI is InChI=1S/C24H12.C12F4N4.C8H10/c1-2-14-5-6-16-9-11-18-12-10-17-8-7-15-4-3-13(1)19-20(14)22(16)24(18)23(17)21(15)19;13-9-7(5(1-17)2-18)10(14)12(16)8(11(9)15)6(3-19)4-20;1-7-3-5-8(2)6-4-7/h1-12H;;3-6H,1-2H3. The lowest BCUT2D eigenvalue weighted by molar-refractivity contribution is 0.434. The van der Waals surface area contributed by atoms with Gasteiger partial charge in [-0.25, -0.2) is 17.6 Å². The van der Waals surface area contributed by atoms with Gasteiger partial charge in [-0.1, -0.05) is 108 Å². The van der Waals surface area contributed by atoms with Gasteiger partial charge in [0.15, 0.2) is 23.3 Å². The van der Waals surface area contributed by atoms with E-state index in [1.165, 1.54) is 75.8 Å². The minimum Gasteiger partial charge on any atom is -0.203 e. The minimum absolute atomic E-state index is 1.09.